The van der Waals surface area contributed by atoms with E-state index in [1.54, 1.807) is 13.2 Å². The minimum Gasteiger partial charge on any atom is -0.497 e. The van der Waals surface area contributed by atoms with Crippen LogP contribution in [-0.2, 0) is 0 Å². The molecule has 0 aromatic heterocycles. The molecule has 0 aliphatic heterocycles. The Morgan fingerprint density at radius 2 is 1.60 bits per heavy atom. The van der Waals surface area contributed by atoms with Gasteiger partial charge in [-0.25, -0.2) is 4.39 Å². The molecule has 0 spiro atoms. The predicted molar refractivity (Wildman–Crippen MR) is 119 cm³/mol. The molecule has 0 saturated carbocycles. The van der Waals surface area contributed by atoms with Crippen molar-refractivity contribution in [3.05, 3.63) is 113 Å². The van der Waals surface area contributed by atoms with Gasteiger partial charge in [-0.1, -0.05) is 49.4 Å². The molecular weight excluding hydrogens is 375 g/mol. The third kappa shape index (κ3) is 5.79. The summed E-state index contributed by atoms with van der Waals surface area (Å²) in [6.45, 7) is 2.18. The molecule has 0 amide bonds. The molecule has 3 heteroatoms. The Bertz CT molecular complexity index is 1030. The number of carbonyl (C=O) groups excluding carboxylic acids is 1. The Balaban J connectivity index is 1.84. The van der Waals surface area contributed by atoms with Crippen LogP contribution in [0.2, 0.25) is 0 Å². The van der Waals surface area contributed by atoms with E-state index in [1.165, 1.54) is 29.8 Å². The van der Waals surface area contributed by atoms with Gasteiger partial charge in [0, 0.05) is 17.6 Å². The largest absolute Gasteiger partial charge is 0.497 e. The van der Waals surface area contributed by atoms with Crippen molar-refractivity contribution in [1.82, 2.24) is 0 Å². The van der Waals surface area contributed by atoms with Crippen molar-refractivity contribution < 1.29 is 13.9 Å². The molecule has 0 unspecified atom stereocenters. The second-order valence-electron chi connectivity index (χ2n) is 7.21. The summed E-state index contributed by atoms with van der Waals surface area (Å²) in [6.07, 6.45) is 2.77. The lowest BCUT2D eigenvalue weighted by Crippen LogP contribution is -1.97. The lowest BCUT2D eigenvalue weighted by molar-refractivity contribution is 0.0996. The molecule has 0 aliphatic carbocycles. The molecule has 0 N–H and O–H groups in total. The number of carbonyl (C=O) groups is 1. The number of Topliss-reactive ketones (excluding diaryl/α,β-unsaturated/α-hetero) is 1. The highest BCUT2D eigenvalue weighted by Gasteiger charge is 2.10. The molecule has 0 saturated heterocycles. The molecule has 0 fully saturated rings. The molecule has 3 aromatic rings. The number of halogens is 1. The van der Waals surface area contributed by atoms with Crippen molar-refractivity contribution in [2.24, 2.45) is 0 Å². The van der Waals surface area contributed by atoms with Crippen LogP contribution in [0.3, 0.4) is 0 Å². The van der Waals surface area contributed by atoms with Gasteiger partial charge in [0.05, 0.1) is 7.11 Å². The molecule has 3 rings (SSSR count). The van der Waals surface area contributed by atoms with Gasteiger partial charge in [-0.15, -0.1) is 5.73 Å². The third-order valence-electron chi connectivity index (χ3n) is 5.05. The molecule has 0 aliphatic rings. The topological polar surface area (TPSA) is 26.3 Å². The fraction of sp³-hybridized carbons (Fsp3) is 0.185. The van der Waals surface area contributed by atoms with Gasteiger partial charge >= 0.3 is 0 Å². The first-order valence-corrected chi connectivity index (χ1v) is 9.99. The number of hydrogen-bond donors (Lipinski definition) is 0. The Morgan fingerprint density at radius 3 is 2.23 bits per heavy atom. The third-order valence-corrected chi connectivity index (χ3v) is 5.05. The Labute approximate surface area is 177 Å². The summed E-state index contributed by atoms with van der Waals surface area (Å²) < 4.78 is 18.3. The smallest absolute Gasteiger partial charge is 0.167 e. The zero-order valence-electron chi connectivity index (χ0n) is 17.3. The SMILES string of the molecule is COc1ccc(C(=C=CCC(=O)c2ccc(F)cc2)C[C@H](C)c2ccccc2)cc1. The highest BCUT2D eigenvalue weighted by atomic mass is 19.1. The van der Waals surface area contributed by atoms with E-state index in [1.807, 2.05) is 42.5 Å². The van der Waals surface area contributed by atoms with Crippen LogP contribution in [0.25, 0.3) is 5.57 Å². The van der Waals surface area contributed by atoms with Gasteiger partial charge in [0.25, 0.3) is 0 Å². The maximum Gasteiger partial charge on any atom is 0.167 e. The summed E-state index contributed by atoms with van der Waals surface area (Å²) in [5.41, 5.74) is 7.17. The molecule has 3 aromatic carbocycles. The molecule has 2 nitrogen and oxygen atoms in total. The van der Waals surface area contributed by atoms with Crippen molar-refractivity contribution in [2.75, 3.05) is 7.11 Å². The lowest BCUT2D eigenvalue weighted by Gasteiger charge is -2.14. The fourth-order valence-corrected chi connectivity index (χ4v) is 3.28. The maximum atomic E-state index is 13.1. The fourth-order valence-electron chi connectivity index (χ4n) is 3.28. The van der Waals surface area contributed by atoms with Crippen molar-refractivity contribution in [3.63, 3.8) is 0 Å². The molecule has 30 heavy (non-hydrogen) atoms. The quantitative estimate of drug-likeness (QED) is 0.306. The van der Waals surface area contributed by atoms with Gasteiger partial charge < -0.3 is 4.74 Å². The number of ether oxygens (including phenoxy) is 1. The average molecular weight is 400 g/mol. The van der Waals surface area contributed by atoms with Crippen LogP contribution < -0.4 is 4.74 Å². The van der Waals surface area contributed by atoms with E-state index in [2.05, 4.69) is 24.8 Å². The van der Waals surface area contributed by atoms with E-state index in [0.717, 1.165) is 23.3 Å². The first-order chi connectivity index (χ1) is 14.6. The zero-order valence-corrected chi connectivity index (χ0v) is 17.3. The summed E-state index contributed by atoms with van der Waals surface area (Å²) in [7, 11) is 1.64. The van der Waals surface area contributed by atoms with Crippen molar-refractivity contribution in [1.29, 1.82) is 0 Å². The molecule has 1 atom stereocenters. The van der Waals surface area contributed by atoms with Gasteiger partial charge in [0.1, 0.15) is 11.6 Å². The first kappa shape index (κ1) is 21.3. The minimum absolute atomic E-state index is 0.0623. The number of allylic oxidation sites excluding steroid dienone is 1. The number of methoxy groups -OCH3 is 1. The molecule has 152 valence electrons. The van der Waals surface area contributed by atoms with Crippen LogP contribution in [0, 0.1) is 5.82 Å². The minimum atomic E-state index is -0.348. The van der Waals surface area contributed by atoms with Crippen LogP contribution >= 0.6 is 0 Å². The van der Waals surface area contributed by atoms with E-state index in [9.17, 15) is 9.18 Å². The standard InChI is InChI=1S/C27H25FO2/c1-20(21-7-4-3-5-8-21)19-24(22-13-17-26(30-2)18-14-22)9-6-10-27(29)23-11-15-25(28)16-12-23/h3-8,11-18,20H,10,19H2,1-2H3/t9?,20-/m0/s1. The highest BCUT2D eigenvalue weighted by molar-refractivity contribution is 5.97. The maximum absolute atomic E-state index is 13.1. The predicted octanol–water partition coefficient (Wildman–Crippen LogP) is 6.84. The van der Waals surface area contributed by atoms with Gasteiger partial charge in [0.15, 0.2) is 5.78 Å². The Morgan fingerprint density at radius 1 is 0.967 bits per heavy atom. The summed E-state index contributed by atoms with van der Waals surface area (Å²) in [5.74, 6) is 0.688. The first-order valence-electron chi connectivity index (χ1n) is 9.99. The summed E-state index contributed by atoms with van der Waals surface area (Å²) >= 11 is 0. The Kier molecular flexibility index (Phi) is 7.37. The van der Waals surface area contributed by atoms with Crippen LogP contribution in [0.5, 0.6) is 5.75 Å². The average Bonchev–Trinajstić information content (AvgIpc) is 2.79. The Hall–Kier alpha value is -3.42. The lowest BCUT2D eigenvalue weighted by atomic mass is 9.90. The van der Waals surface area contributed by atoms with E-state index in [0.29, 0.717) is 11.5 Å². The number of hydrogen-bond acceptors (Lipinski definition) is 2. The van der Waals surface area contributed by atoms with Crippen molar-refractivity contribution >= 4 is 11.4 Å². The number of ketones is 1. The number of benzene rings is 3. The van der Waals surface area contributed by atoms with Crippen LogP contribution in [0.1, 0.15) is 47.2 Å². The molecular formula is C27H25FO2. The van der Waals surface area contributed by atoms with Crippen molar-refractivity contribution in [2.45, 2.75) is 25.7 Å². The van der Waals surface area contributed by atoms with Gasteiger partial charge in [0.2, 0.25) is 0 Å². The molecule has 0 radical (unpaired) electrons. The summed E-state index contributed by atoms with van der Waals surface area (Å²) in [4.78, 5) is 12.4. The van der Waals surface area contributed by atoms with E-state index in [4.69, 9.17) is 4.74 Å². The van der Waals surface area contributed by atoms with E-state index >= 15 is 0 Å². The van der Waals surface area contributed by atoms with E-state index in [-0.39, 0.29) is 18.0 Å². The second kappa shape index (κ2) is 10.4. The van der Waals surface area contributed by atoms with E-state index < -0.39 is 0 Å². The molecule has 0 heterocycles. The van der Waals surface area contributed by atoms with Crippen LogP contribution in [-0.4, -0.2) is 12.9 Å². The van der Waals surface area contributed by atoms with Gasteiger partial charge in [-0.3, -0.25) is 4.79 Å². The zero-order chi connectivity index (χ0) is 21.3. The summed E-state index contributed by atoms with van der Waals surface area (Å²) in [5, 5.41) is 0. The van der Waals surface area contributed by atoms with Gasteiger partial charge in [-0.2, -0.15) is 0 Å². The normalized spacial score (nSPS) is 11.3. The number of rotatable bonds is 8. The second-order valence-corrected chi connectivity index (χ2v) is 7.21. The molecule has 0 bridgehead atoms. The highest BCUT2D eigenvalue weighted by Crippen LogP contribution is 2.29. The van der Waals surface area contributed by atoms with Gasteiger partial charge in [-0.05, 0) is 65.9 Å². The van der Waals surface area contributed by atoms with Crippen LogP contribution in [0.15, 0.2) is 90.7 Å². The monoisotopic (exact) mass is 400 g/mol. The van der Waals surface area contributed by atoms with Crippen LogP contribution in [0.4, 0.5) is 4.39 Å². The summed E-state index contributed by atoms with van der Waals surface area (Å²) in [6, 6.07) is 23.8. The van der Waals surface area contributed by atoms with Crippen molar-refractivity contribution in [3.8, 4) is 5.75 Å².